The van der Waals surface area contributed by atoms with E-state index < -0.39 is 5.60 Å². The third-order valence-electron chi connectivity index (χ3n) is 3.92. The molecule has 1 unspecified atom stereocenters. The Labute approximate surface area is 138 Å². The summed E-state index contributed by atoms with van der Waals surface area (Å²) in [6.45, 7) is 8.47. The Morgan fingerprint density at radius 3 is 2.83 bits per heavy atom. The number of fused-ring (bicyclic) bond motifs is 1. The number of aliphatic hydroxyl groups is 1. The molecule has 2 heterocycles. The van der Waals surface area contributed by atoms with Gasteiger partial charge in [-0.15, -0.1) is 0 Å². The van der Waals surface area contributed by atoms with E-state index in [2.05, 4.69) is 6.07 Å². The molecule has 1 aromatic heterocycles. The summed E-state index contributed by atoms with van der Waals surface area (Å²) in [6.07, 6.45) is 3.22. The summed E-state index contributed by atoms with van der Waals surface area (Å²) in [7, 11) is 0. The predicted octanol–water partition coefficient (Wildman–Crippen LogP) is 3.33. The molecule has 0 aromatic carbocycles. The molecule has 1 aliphatic heterocycles. The molecule has 1 aromatic rings. The molecular formula is C18H28N2O3. The molecule has 0 saturated heterocycles. The Morgan fingerprint density at radius 1 is 1.43 bits per heavy atom. The van der Waals surface area contributed by atoms with Crippen LogP contribution in [0.4, 0.5) is 10.6 Å². The highest BCUT2D eigenvalue weighted by molar-refractivity contribution is 5.88. The van der Waals surface area contributed by atoms with Crippen LogP contribution in [0.15, 0.2) is 12.1 Å². The number of aromatic nitrogens is 1. The fraction of sp³-hybridized carbons (Fsp3) is 0.667. The summed E-state index contributed by atoms with van der Waals surface area (Å²) in [6, 6.07) is 4.10. The van der Waals surface area contributed by atoms with Crippen LogP contribution in [0, 0.1) is 5.92 Å². The van der Waals surface area contributed by atoms with Crippen LogP contribution in [-0.4, -0.2) is 34.9 Å². The van der Waals surface area contributed by atoms with Crippen LogP contribution in [0.3, 0.4) is 0 Å². The van der Waals surface area contributed by atoms with Crippen LogP contribution in [0.5, 0.6) is 0 Å². The van der Waals surface area contributed by atoms with E-state index in [1.54, 1.807) is 4.90 Å². The van der Waals surface area contributed by atoms with Gasteiger partial charge in [-0.3, -0.25) is 4.90 Å². The molecule has 23 heavy (non-hydrogen) atoms. The van der Waals surface area contributed by atoms with Gasteiger partial charge in [0.2, 0.25) is 0 Å². The van der Waals surface area contributed by atoms with Gasteiger partial charge in [-0.1, -0.05) is 13.0 Å². The van der Waals surface area contributed by atoms with Crippen molar-refractivity contribution in [3.63, 3.8) is 0 Å². The van der Waals surface area contributed by atoms with Crippen molar-refractivity contribution < 1.29 is 14.6 Å². The topological polar surface area (TPSA) is 62.7 Å². The lowest BCUT2D eigenvalue weighted by Gasteiger charge is -2.31. The molecule has 0 spiro atoms. The second kappa shape index (κ2) is 7.30. The Kier molecular flexibility index (Phi) is 5.63. The molecule has 0 fully saturated rings. The SMILES string of the molecule is CC(CO)CCc1ccc2c(n1)N(C(=O)OC(C)(C)C)CCC2. The van der Waals surface area contributed by atoms with Crippen molar-refractivity contribution in [1.29, 1.82) is 0 Å². The first-order chi connectivity index (χ1) is 10.8. The average molecular weight is 320 g/mol. The average Bonchev–Trinajstić information content (AvgIpc) is 2.50. The zero-order valence-corrected chi connectivity index (χ0v) is 14.6. The number of carbonyl (C=O) groups is 1. The fourth-order valence-corrected chi connectivity index (χ4v) is 2.60. The summed E-state index contributed by atoms with van der Waals surface area (Å²) in [4.78, 5) is 18.8. The number of hydrogen-bond acceptors (Lipinski definition) is 4. The highest BCUT2D eigenvalue weighted by Crippen LogP contribution is 2.27. The molecular weight excluding hydrogens is 292 g/mol. The van der Waals surface area contributed by atoms with Crippen LogP contribution < -0.4 is 4.90 Å². The number of aliphatic hydroxyl groups excluding tert-OH is 1. The zero-order chi connectivity index (χ0) is 17.0. The second-order valence-corrected chi connectivity index (χ2v) is 7.35. The zero-order valence-electron chi connectivity index (χ0n) is 14.6. The maximum Gasteiger partial charge on any atom is 0.416 e. The molecule has 0 bridgehead atoms. The van der Waals surface area contributed by atoms with Crippen molar-refractivity contribution in [2.45, 2.75) is 59.0 Å². The lowest BCUT2D eigenvalue weighted by Crippen LogP contribution is -2.40. The fourth-order valence-electron chi connectivity index (χ4n) is 2.60. The van der Waals surface area contributed by atoms with Gasteiger partial charge in [0.25, 0.3) is 0 Å². The van der Waals surface area contributed by atoms with Crippen molar-refractivity contribution in [2.24, 2.45) is 5.92 Å². The number of pyridine rings is 1. The van der Waals surface area contributed by atoms with Gasteiger partial charge >= 0.3 is 6.09 Å². The van der Waals surface area contributed by atoms with Crippen molar-refractivity contribution in [3.05, 3.63) is 23.4 Å². The standard InChI is InChI=1S/C18H28N2O3/c1-13(12-21)7-9-15-10-8-14-6-5-11-20(16(14)19-15)17(22)23-18(2,3)4/h8,10,13,21H,5-7,9,11-12H2,1-4H3. The monoisotopic (exact) mass is 320 g/mol. The van der Waals surface area contributed by atoms with Gasteiger partial charge in [-0.25, -0.2) is 9.78 Å². The van der Waals surface area contributed by atoms with Crippen LogP contribution in [0.1, 0.15) is 51.8 Å². The molecule has 5 heteroatoms. The van der Waals surface area contributed by atoms with Gasteiger partial charge < -0.3 is 9.84 Å². The molecule has 0 radical (unpaired) electrons. The summed E-state index contributed by atoms with van der Waals surface area (Å²) in [5, 5.41) is 9.14. The lowest BCUT2D eigenvalue weighted by atomic mass is 10.0. The molecule has 0 aliphatic carbocycles. The first kappa shape index (κ1) is 17.7. The Bertz CT molecular complexity index is 552. The predicted molar refractivity (Wildman–Crippen MR) is 90.7 cm³/mol. The van der Waals surface area contributed by atoms with Crippen molar-refractivity contribution in [1.82, 2.24) is 4.98 Å². The summed E-state index contributed by atoms with van der Waals surface area (Å²) >= 11 is 0. The van der Waals surface area contributed by atoms with Gasteiger partial charge in [0, 0.05) is 18.8 Å². The highest BCUT2D eigenvalue weighted by atomic mass is 16.6. The van der Waals surface area contributed by atoms with E-state index in [1.807, 2.05) is 33.8 Å². The number of anilines is 1. The molecule has 1 atom stereocenters. The van der Waals surface area contributed by atoms with Crippen molar-refractivity contribution in [2.75, 3.05) is 18.1 Å². The third kappa shape index (κ3) is 4.93. The number of carbonyl (C=O) groups excluding carboxylic acids is 1. The third-order valence-corrected chi connectivity index (χ3v) is 3.92. The Hall–Kier alpha value is -1.62. The number of aryl methyl sites for hydroxylation is 2. The lowest BCUT2D eigenvalue weighted by molar-refractivity contribution is 0.0576. The number of ether oxygens (including phenoxy) is 1. The number of amides is 1. The first-order valence-corrected chi connectivity index (χ1v) is 8.40. The van der Waals surface area contributed by atoms with Gasteiger partial charge in [0.1, 0.15) is 11.4 Å². The van der Waals surface area contributed by atoms with E-state index in [4.69, 9.17) is 14.8 Å². The van der Waals surface area contributed by atoms with E-state index in [0.717, 1.165) is 42.8 Å². The van der Waals surface area contributed by atoms with Gasteiger partial charge in [0.15, 0.2) is 0 Å². The molecule has 128 valence electrons. The quantitative estimate of drug-likeness (QED) is 0.924. The maximum absolute atomic E-state index is 12.4. The first-order valence-electron chi connectivity index (χ1n) is 8.40. The summed E-state index contributed by atoms with van der Waals surface area (Å²) < 4.78 is 5.50. The van der Waals surface area contributed by atoms with E-state index in [9.17, 15) is 4.79 Å². The normalized spacial score (nSPS) is 16.0. The minimum Gasteiger partial charge on any atom is -0.443 e. The Balaban J connectivity index is 2.17. The van der Waals surface area contributed by atoms with E-state index in [1.165, 1.54) is 0 Å². The van der Waals surface area contributed by atoms with Crippen molar-refractivity contribution in [3.8, 4) is 0 Å². The highest BCUT2D eigenvalue weighted by Gasteiger charge is 2.28. The van der Waals surface area contributed by atoms with E-state index in [-0.39, 0.29) is 18.6 Å². The van der Waals surface area contributed by atoms with Crippen molar-refractivity contribution >= 4 is 11.9 Å². The minimum absolute atomic E-state index is 0.189. The van der Waals surface area contributed by atoms with Crippen LogP contribution >= 0.6 is 0 Å². The molecule has 1 aliphatic rings. The second-order valence-electron chi connectivity index (χ2n) is 7.35. The summed E-state index contributed by atoms with van der Waals surface area (Å²) in [5.41, 5.74) is 1.55. The number of nitrogens with zero attached hydrogens (tertiary/aromatic N) is 2. The molecule has 2 rings (SSSR count). The number of hydrogen-bond donors (Lipinski definition) is 1. The molecule has 1 N–H and O–H groups in total. The number of rotatable bonds is 4. The van der Waals surface area contributed by atoms with Crippen LogP contribution in [-0.2, 0) is 17.6 Å². The van der Waals surface area contributed by atoms with Gasteiger partial charge in [0.05, 0.1) is 0 Å². The van der Waals surface area contributed by atoms with E-state index in [0.29, 0.717) is 6.54 Å². The molecule has 1 amide bonds. The minimum atomic E-state index is -0.511. The molecule has 5 nitrogen and oxygen atoms in total. The van der Waals surface area contributed by atoms with E-state index >= 15 is 0 Å². The largest absolute Gasteiger partial charge is 0.443 e. The molecule has 0 saturated carbocycles. The van der Waals surface area contributed by atoms with Gasteiger partial charge in [-0.05, 0) is 64.0 Å². The van der Waals surface area contributed by atoms with Crippen LogP contribution in [0.2, 0.25) is 0 Å². The van der Waals surface area contributed by atoms with Crippen LogP contribution in [0.25, 0.3) is 0 Å². The Morgan fingerprint density at radius 2 is 2.17 bits per heavy atom. The summed E-state index contributed by atoms with van der Waals surface area (Å²) in [5.74, 6) is 0.995. The smallest absolute Gasteiger partial charge is 0.416 e. The maximum atomic E-state index is 12.4. The van der Waals surface area contributed by atoms with Gasteiger partial charge in [-0.2, -0.15) is 0 Å².